The second-order valence-electron chi connectivity index (χ2n) is 3.97. The molecule has 0 saturated carbocycles. The molecule has 0 aromatic carbocycles. The highest BCUT2D eigenvalue weighted by Crippen LogP contribution is 2.15. The Bertz CT molecular complexity index is 135. The van der Waals surface area contributed by atoms with Gasteiger partial charge in [-0.15, -0.1) is 0 Å². The molecule has 3 heteroatoms. The fourth-order valence-corrected chi connectivity index (χ4v) is 2.25. The fourth-order valence-electron chi connectivity index (χ4n) is 1.76. The third-order valence-electron chi connectivity index (χ3n) is 2.42. The maximum absolute atomic E-state index is 5.57. The van der Waals surface area contributed by atoms with Crippen molar-refractivity contribution in [3.05, 3.63) is 0 Å². The Morgan fingerprint density at radius 1 is 1.62 bits per heavy atom. The summed E-state index contributed by atoms with van der Waals surface area (Å²) in [4.78, 5) is 2.95. The quantitative estimate of drug-likeness (QED) is 0.694. The van der Waals surface area contributed by atoms with Crippen LogP contribution < -0.4 is 0 Å². The molecule has 2 atom stereocenters. The van der Waals surface area contributed by atoms with E-state index < -0.39 is 0 Å². The summed E-state index contributed by atoms with van der Waals surface area (Å²) < 4.78 is 5.57. The average molecular weight is 250 g/mol. The maximum atomic E-state index is 5.57. The summed E-state index contributed by atoms with van der Waals surface area (Å²) in [6.07, 6.45) is 4.24. The molecule has 1 rings (SSSR count). The van der Waals surface area contributed by atoms with Gasteiger partial charge in [-0.05, 0) is 26.3 Å². The molecule has 0 N–H and O–H groups in total. The first-order chi connectivity index (χ1) is 6.18. The van der Waals surface area contributed by atoms with Gasteiger partial charge in [0.2, 0.25) is 0 Å². The Kier molecular flexibility index (Phi) is 5.29. The Labute approximate surface area is 89.8 Å². The minimum Gasteiger partial charge on any atom is -0.378 e. The summed E-state index contributed by atoms with van der Waals surface area (Å²) >= 11 is 3.56. The number of ether oxygens (including phenoxy) is 1. The van der Waals surface area contributed by atoms with Gasteiger partial charge in [-0.2, -0.15) is 0 Å². The summed E-state index contributed by atoms with van der Waals surface area (Å²) in [5.74, 6) is 0. The lowest BCUT2D eigenvalue weighted by molar-refractivity contribution is 0.0953. The van der Waals surface area contributed by atoms with Crippen molar-refractivity contribution in [1.82, 2.24) is 4.90 Å². The Morgan fingerprint density at radius 2 is 2.38 bits per heavy atom. The maximum Gasteiger partial charge on any atom is 0.0588 e. The first-order valence-electron chi connectivity index (χ1n) is 5.12. The second kappa shape index (κ2) is 5.99. The molecule has 0 aliphatic carbocycles. The van der Waals surface area contributed by atoms with Crippen LogP contribution in [0.5, 0.6) is 0 Å². The molecule has 0 aromatic rings. The van der Waals surface area contributed by atoms with Gasteiger partial charge in [0.05, 0.1) is 6.10 Å². The molecule has 0 bridgehead atoms. The van der Waals surface area contributed by atoms with Crippen LogP contribution in [-0.4, -0.2) is 42.6 Å². The van der Waals surface area contributed by atoms with Gasteiger partial charge >= 0.3 is 0 Å². The van der Waals surface area contributed by atoms with Crippen LogP contribution in [0.2, 0.25) is 0 Å². The van der Waals surface area contributed by atoms with E-state index in [2.05, 4.69) is 34.8 Å². The summed E-state index contributed by atoms with van der Waals surface area (Å²) in [6.45, 7) is 5.43. The third kappa shape index (κ3) is 4.99. The predicted octanol–water partition coefficient (Wildman–Crippen LogP) is 2.27. The zero-order valence-electron chi connectivity index (χ0n) is 8.63. The summed E-state index contributed by atoms with van der Waals surface area (Å²) in [7, 11) is 2.17. The number of hydrogen-bond acceptors (Lipinski definition) is 2. The van der Waals surface area contributed by atoms with Gasteiger partial charge in [0, 0.05) is 24.5 Å². The van der Waals surface area contributed by atoms with Gasteiger partial charge < -0.3 is 9.64 Å². The standard InChI is InChI=1S/C10H20BrNO/c1-9(11)8-12(2)6-5-10-4-3-7-13-10/h9-10H,3-8H2,1-2H3. The smallest absolute Gasteiger partial charge is 0.0588 e. The molecule has 0 spiro atoms. The van der Waals surface area contributed by atoms with Crippen LogP contribution in [0.1, 0.15) is 26.2 Å². The molecular weight excluding hydrogens is 230 g/mol. The van der Waals surface area contributed by atoms with Crippen LogP contribution in [0.4, 0.5) is 0 Å². The van der Waals surface area contributed by atoms with E-state index in [1.165, 1.54) is 19.3 Å². The molecule has 1 fully saturated rings. The van der Waals surface area contributed by atoms with Crippen LogP contribution in [0.3, 0.4) is 0 Å². The van der Waals surface area contributed by atoms with Gasteiger partial charge in [-0.25, -0.2) is 0 Å². The lowest BCUT2D eigenvalue weighted by Gasteiger charge is -2.19. The van der Waals surface area contributed by atoms with Crippen molar-refractivity contribution >= 4 is 15.9 Å². The normalized spacial score (nSPS) is 25.4. The van der Waals surface area contributed by atoms with Crippen LogP contribution in [0.15, 0.2) is 0 Å². The SMILES string of the molecule is CC(Br)CN(C)CCC1CCCO1. The molecule has 0 radical (unpaired) electrons. The molecule has 2 nitrogen and oxygen atoms in total. The predicted molar refractivity (Wildman–Crippen MR) is 59.5 cm³/mol. The van der Waals surface area contributed by atoms with Gasteiger partial charge in [0.25, 0.3) is 0 Å². The van der Waals surface area contributed by atoms with E-state index in [0.29, 0.717) is 10.9 Å². The number of alkyl halides is 1. The van der Waals surface area contributed by atoms with Crippen LogP contribution in [-0.2, 0) is 4.74 Å². The van der Waals surface area contributed by atoms with Gasteiger partial charge in [-0.3, -0.25) is 0 Å². The second-order valence-corrected chi connectivity index (χ2v) is 5.53. The minimum absolute atomic E-state index is 0.535. The van der Waals surface area contributed by atoms with Gasteiger partial charge in [-0.1, -0.05) is 22.9 Å². The lowest BCUT2D eigenvalue weighted by Crippen LogP contribution is -2.27. The number of halogens is 1. The Morgan fingerprint density at radius 3 is 2.92 bits per heavy atom. The van der Waals surface area contributed by atoms with Crippen LogP contribution >= 0.6 is 15.9 Å². The molecule has 1 aliphatic heterocycles. The molecule has 0 aromatic heterocycles. The third-order valence-corrected chi connectivity index (χ3v) is 2.71. The van der Waals surface area contributed by atoms with Crippen molar-refractivity contribution < 1.29 is 4.74 Å². The van der Waals surface area contributed by atoms with Crippen molar-refractivity contribution in [2.75, 3.05) is 26.7 Å². The monoisotopic (exact) mass is 249 g/mol. The molecule has 78 valence electrons. The van der Waals surface area contributed by atoms with Crippen molar-refractivity contribution in [2.45, 2.75) is 37.1 Å². The highest BCUT2D eigenvalue weighted by atomic mass is 79.9. The highest BCUT2D eigenvalue weighted by Gasteiger charge is 2.15. The van der Waals surface area contributed by atoms with Crippen molar-refractivity contribution in [3.63, 3.8) is 0 Å². The van der Waals surface area contributed by atoms with E-state index in [-0.39, 0.29) is 0 Å². The first kappa shape index (κ1) is 11.5. The Balaban J connectivity index is 2.03. The van der Waals surface area contributed by atoms with Crippen molar-refractivity contribution in [1.29, 1.82) is 0 Å². The highest BCUT2D eigenvalue weighted by molar-refractivity contribution is 9.09. The van der Waals surface area contributed by atoms with E-state index in [4.69, 9.17) is 4.74 Å². The zero-order valence-corrected chi connectivity index (χ0v) is 10.2. The number of nitrogens with zero attached hydrogens (tertiary/aromatic N) is 1. The minimum atomic E-state index is 0.535. The number of hydrogen-bond donors (Lipinski definition) is 0. The van der Waals surface area contributed by atoms with E-state index in [1.54, 1.807) is 0 Å². The average Bonchev–Trinajstić information content (AvgIpc) is 2.51. The number of rotatable bonds is 5. The van der Waals surface area contributed by atoms with E-state index in [1.807, 2.05) is 0 Å². The molecule has 0 amide bonds. The summed E-state index contributed by atoms with van der Waals surface area (Å²) in [5, 5.41) is 0. The summed E-state index contributed by atoms with van der Waals surface area (Å²) in [5.41, 5.74) is 0. The van der Waals surface area contributed by atoms with Crippen molar-refractivity contribution in [2.24, 2.45) is 0 Å². The lowest BCUT2D eigenvalue weighted by atomic mass is 10.2. The molecule has 13 heavy (non-hydrogen) atoms. The molecule has 1 heterocycles. The van der Waals surface area contributed by atoms with E-state index in [0.717, 1.165) is 19.7 Å². The molecule has 1 aliphatic rings. The topological polar surface area (TPSA) is 12.5 Å². The van der Waals surface area contributed by atoms with Crippen LogP contribution in [0.25, 0.3) is 0 Å². The van der Waals surface area contributed by atoms with E-state index >= 15 is 0 Å². The largest absolute Gasteiger partial charge is 0.378 e. The van der Waals surface area contributed by atoms with Crippen LogP contribution in [0, 0.1) is 0 Å². The van der Waals surface area contributed by atoms with Gasteiger partial charge in [0.15, 0.2) is 0 Å². The zero-order chi connectivity index (χ0) is 9.68. The first-order valence-corrected chi connectivity index (χ1v) is 6.04. The summed E-state index contributed by atoms with van der Waals surface area (Å²) in [6, 6.07) is 0. The molecular formula is C10H20BrNO. The molecule has 2 unspecified atom stereocenters. The molecule has 1 saturated heterocycles. The van der Waals surface area contributed by atoms with Gasteiger partial charge in [0.1, 0.15) is 0 Å². The Hall–Kier alpha value is 0.400. The van der Waals surface area contributed by atoms with E-state index in [9.17, 15) is 0 Å². The van der Waals surface area contributed by atoms with Crippen molar-refractivity contribution in [3.8, 4) is 0 Å². The fraction of sp³-hybridized carbons (Fsp3) is 1.00.